The summed E-state index contributed by atoms with van der Waals surface area (Å²) in [6, 6.07) is 1.69. The van der Waals surface area contributed by atoms with Gasteiger partial charge in [-0.25, -0.2) is 0 Å². The predicted molar refractivity (Wildman–Crippen MR) is 63.8 cm³/mol. The summed E-state index contributed by atoms with van der Waals surface area (Å²) in [5.74, 6) is 2.11. The summed E-state index contributed by atoms with van der Waals surface area (Å²) in [6.07, 6.45) is 10.3. The molecule has 2 bridgehead atoms. The molecule has 0 aromatic rings. The van der Waals surface area contributed by atoms with Crippen LogP contribution in [0.2, 0.25) is 0 Å². The molecule has 3 fully saturated rings. The molecular weight excluding hydrogens is 182 g/mol. The molecule has 15 heavy (non-hydrogen) atoms. The van der Waals surface area contributed by atoms with Gasteiger partial charge in [-0.2, -0.15) is 0 Å². The second-order valence-corrected chi connectivity index (χ2v) is 6.88. The monoisotopic (exact) mass is 207 g/mol. The summed E-state index contributed by atoms with van der Waals surface area (Å²) in [5.41, 5.74) is 0.557. The summed E-state index contributed by atoms with van der Waals surface area (Å²) in [6.45, 7) is 4.90. The maximum Gasteiger partial charge on any atom is 0.0121 e. The summed E-state index contributed by atoms with van der Waals surface area (Å²) in [5, 5.41) is 4.00. The predicted octanol–water partition coefficient (Wildman–Crippen LogP) is 3.34. The average molecular weight is 207 g/mol. The molecule has 0 spiro atoms. The second kappa shape index (κ2) is 3.48. The van der Waals surface area contributed by atoms with Crippen LogP contribution in [-0.4, -0.2) is 12.1 Å². The van der Waals surface area contributed by atoms with E-state index in [2.05, 4.69) is 19.2 Å². The standard InChI is InChI=1S/C14H25N/c1-14(2)7-3-4-13(14)15-12-9-10-5-6-11(12)8-10/h10-13,15H,3-9H2,1-2H3. The molecular formula is C14H25N. The van der Waals surface area contributed by atoms with E-state index < -0.39 is 0 Å². The van der Waals surface area contributed by atoms with Gasteiger partial charge in [-0.15, -0.1) is 0 Å². The fourth-order valence-electron chi connectivity index (χ4n) is 4.34. The van der Waals surface area contributed by atoms with Crippen LogP contribution in [0.15, 0.2) is 0 Å². The topological polar surface area (TPSA) is 12.0 Å². The Labute approximate surface area is 94.0 Å². The average Bonchev–Trinajstić information content (AvgIpc) is 2.83. The van der Waals surface area contributed by atoms with Gasteiger partial charge in [0.2, 0.25) is 0 Å². The minimum absolute atomic E-state index is 0.557. The fourth-order valence-corrected chi connectivity index (χ4v) is 4.34. The van der Waals surface area contributed by atoms with Gasteiger partial charge in [0.15, 0.2) is 0 Å². The molecule has 4 unspecified atom stereocenters. The maximum absolute atomic E-state index is 4.00. The van der Waals surface area contributed by atoms with Crippen molar-refractivity contribution in [3.63, 3.8) is 0 Å². The van der Waals surface area contributed by atoms with E-state index in [-0.39, 0.29) is 0 Å². The lowest BCUT2D eigenvalue weighted by molar-refractivity contribution is 0.229. The first-order valence-corrected chi connectivity index (χ1v) is 6.91. The molecule has 3 aliphatic carbocycles. The molecule has 3 aliphatic rings. The molecule has 3 saturated carbocycles. The summed E-state index contributed by atoms with van der Waals surface area (Å²) in [4.78, 5) is 0. The highest BCUT2D eigenvalue weighted by Crippen LogP contribution is 2.46. The molecule has 1 nitrogen and oxygen atoms in total. The highest BCUT2D eigenvalue weighted by atomic mass is 15.0. The van der Waals surface area contributed by atoms with Crippen LogP contribution in [0.4, 0.5) is 0 Å². The van der Waals surface area contributed by atoms with Gasteiger partial charge in [0.1, 0.15) is 0 Å². The molecule has 0 aromatic carbocycles. The first-order chi connectivity index (χ1) is 7.15. The van der Waals surface area contributed by atoms with Crippen molar-refractivity contribution in [1.82, 2.24) is 5.32 Å². The Balaban J connectivity index is 1.61. The number of hydrogen-bond acceptors (Lipinski definition) is 1. The van der Waals surface area contributed by atoms with Crippen molar-refractivity contribution in [2.45, 2.75) is 70.9 Å². The van der Waals surface area contributed by atoms with E-state index in [9.17, 15) is 0 Å². The Morgan fingerprint density at radius 1 is 1.07 bits per heavy atom. The second-order valence-electron chi connectivity index (χ2n) is 6.88. The van der Waals surface area contributed by atoms with Crippen LogP contribution in [0.3, 0.4) is 0 Å². The van der Waals surface area contributed by atoms with Crippen LogP contribution in [0, 0.1) is 17.3 Å². The molecule has 4 atom stereocenters. The Bertz CT molecular complexity index is 246. The Morgan fingerprint density at radius 3 is 2.47 bits per heavy atom. The van der Waals surface area contributed by atoms with E-state index >= 15 is 0 Å². The van der Waals surface area contributed by atoms with Crippen LogP contribution < -0.4 is 5.32 Å². The molecule has 1 heteroatoms. The highest BCUT2D eigenvalue weighted by molar-refractivity contribution is 4.99. The van der Waals surface area contributed by atoms with Crippen molar-refractivity contribution in [2.75, 3.05) is 0 Å². The lowest BCUT2D eigenvalue weighted by atomic mass is 9.85. The molecule has 86 valence electrons. The lowest BCUT2D eigenvalue weighted by Gasteiger charge is -2.34. The van der Waals surface area contributed by atoms with Crippen molar-refractivity contribution in [1.29, 1.82) is 0 Å². The third-order valence-electron chi connectivity index (χ3n) is 5.41. The minimum atomic E-state index is 0.557. The lowest BCUT2D eigenvalue weighted by Crippen LogP contribution is -2.46. The fraction of sp³-hybridized carbons (Fsp3) is 1.00. The molecule has 1 N–H and O–H groups in total. The zero-order valence-electron chi connectivity index (χ0n) is 10.3. The summed E-state index contributed by atoms with van der Waals surface area (Å²) >= 11 is 0. The third-order valence-corrected chi connectivity index (χ3v) is 5.41. The molecule has 3 rings (SSSR count). The zero-order valence-corrected chi connectivity index (χ0v) is 10.3. The van der Waals surface area contributed by atoms with E-state index in [4.69, 9.17) is 0 Å². The van der Waals surface area contributed by atoms with Gasteiger partial charge in [0.05, 0.1) is 0 Å². The number of rotatable bonds is 2. The molecule has 0 saturated heterocycles. The quantitative estimate of drug-likeness (QED) is 0.732. The summed E-state index contributed by atoms with van der Waals surface area (Å²) < 4.78 is 0. The van der Waals surface area contributed by atoms with Crippen molar-refractivity contribution in [3.8, 4) is 0 Å². The normalized spacial score (nSPS) is 47.6. The van der Waals surface area contributed by atoms with Crippen molar-refractivity contribution in [2.24, 2.45) is 17.3 Å². The Hall–Kier alpha value is -0.0400. The zero-order chi connectivity index (χ0) is 10.5. The van der Waals surface area contributed by atoms with E-state index in [1.807, 2.05) is 0 Å². The highest BCUT2D eigenvalue weighted by Gasteiger charge is 2.43. The Kier molecular flexibility index (Phi) is 2.35. The van der Waals surface area contributed by atoms with Crippen molar-refractivity contribution in [3.05, 3.63) is 0 Å². The Morgan fingerprint density at radius 2 is 1.93 bits per heavy atom. The van der Waals surface area contributed by atoms with Gasteiger partial charge in [0.25, 0.3) is 0 Å². The number of nitrogens with one attached hydrogen (secondary N) is 1. The first-order valence-electron chi connectivity index (χ1n) is 6.91. The first kappa shape index (κ1) is 10.1. The van der Waals surface area contributed by atoms with Gasteiger partial charge in [0, 0.05) is 12.1 Å². The minimum Gasteiger partial charge on any atom is -0.310 e. The van der Waals surface area contributed by atoms with Crippen LogP contribution >= 0.6 is 0 Å². The van der Waals surface area contributed by atoms with E-state index in [0.717, 1.165) is 23.9 Å². The smallest absolute Gasteiger partial charge is 0.0121 e. The van der Waals surface area contributed by atoms with E-state index in [1.165, 1.54) is 44.9 Å². The maximum atomic E-state index is 4.00. The SMILES string of the molecule is CC1(C)CCCC1NC1CC2CCC1C2. The molecule has 0 aliphatic heterocycles. The molecule has 0 radical (unpaired) electrons. The van der Waals surface area contributed by atoms with E-state index in [0.29, 0.717) is 5.41 Å². The van der Waals surface area contributed by atoms with E-state index in [1.54, 1.807) is 0 Å². The number of hydrogen-bond donors (Lipinski definition) is 1. The van der Waals surface area contributed by atoms with Gasteiger partial charge >= 0.3 is 0 Å². The largest absolute Gasteiger partial charge is 0.310 e. The van der Waals surface area contributed by atoms with Crippen LogP contribution in [0.25, 0.3) is 0 Å². The molecule has 0 aromatic heterocycles. The summed E-state index contributed by atoms with van der Waals surface area (Å²) in [7, 11) is 0. The van der Waals surface area contributed by atoms with Crippen LogP contribution in [-0.2, 0) is 0 Å². The van der Waals surface area contributed by atoms with Gasteiger partial charge in [-0.1, -0.05) is 26.7 Å². The van der Waals surface area contributed by atoms with Crippen molar-refractivity contribution < 1.29 is 0 Å². The number of fused-ring (bicyclic) bond motifs is 2. The van der Waals surface area contributed by atoms with Gasteiger partial charge < -0.3 is 5.32 Å². The third kappa shape index (κ3) is 1.73. The van der Waals surface area contributed by atoms with Gasteiger partial charge in [-0.3, -0.25) is 0 Å². The van der Waals surface area contributed by atoms with Crippen LogP contribution in [0.5, 0.6) is 0 Å². The molecule has 0 amide bonds. The van der Waals surface area contributed by atoms with Crippen LogP contribution in [0.1, 0.15) is 58.8 Å². The van der Waals surface area contributed by atoms with Crippen molar-refractivity contribution >= 4 is 0 Å². The van der Waals surface area contributed by atoms with Gasteiger partial charge in [-0.05, 0) is 49.4 Å². The molecule has 0 heterocycles.